The van der Waals surface area contributed by atoms with E-state index in [1.165, 1.54) is 6.33 Å². The van der Waals surface area contributed by atoms with Crippen molar-refractivity contribution in [2.75, 3.05) is 26.7 Å². The van der Waals surface area contributed by atoms with Gasteiger partial charge in [-0.05, 0) is 45.3 Å². The van der Waals surface area contributed by atoms with Gasteiger partial charge in [-0.2, -0.15) is 5.10 Å². The lowest BCUT2D eigenvalue weighted by atomic mass is 10.0. The zero-order valence-electron chi connectivity index (χ0n) is 14.1. The number of carbonyl (C=O) groups is 1. The van der Waals surface area contributed by atoms with Crippen molar-refractivity contribution >= 4 is 5.91 Å². The minimum atomic E-state index is 0.295. The first-order valence-corrected chi connectivity index (χ1v) is 8.36. The molecule has 124 valence electrons. The highest BCUT2D eigenvalue weighted by Gasteiger charge is 2.26. The number of hydrogen-bond donors (Lipinski definition) is 0. The molecule has 1 aliphatic heterocycles. The molecule has 22 heavy (non-hydrogen) atoms. The largest absolute Gasteiger partial charge is 0.339 e. The molecule has 1 aromatic rings. The van der Waals surface area contributed by atoms with E-state index in [0.717, 1.165) is 45.4 Å². The average Bonchev–Trinajstić information content (AvgIpc) is 2.99. The van der Waals surface area contributed by atoms with Gasteiger partial charge in [-0.3, -0.25) is 9.48 Å². The SMILES string of the molecule is CC(C)CN(C(=O)CCCn1cncn1)C1CCN(C)CC1. The molecule has 0 bridgehead atoms. The van der Waals surface area contributed by atoms with Crippen molar-refractivity contribution in [3.05, 3.63) is 12.7 Å². The summed E-state index contributed by atoms with van der Waals surface area (Å²) in [5.74, 6) is 0.808. The highest BCUT2D eigenvalue weighted by Crippen LogP contribution is 2.18. The van der Waals surface area contributed by atoms with Gasteiger partial charge in [0, 0.05) is 25.6 Å². The maximum Gasteiger partial charge on any atom is 0.222 e. The molecule has 1 aromatic heterocycles. The van der Waals surface area contributed by atoms with E-state index in [4.69, 9.17) is 0 Å². The molecule has 0 saturated carbocycles. The molecule has 0 radical (unpaired) electrons. The van der Waals surface area contributed by atoms with Crippen LogP contribution in [0.4, 0.5) is 0 Å². The minimum absolute atomic E-state index is 0.295. The van der Waals surface area contributed by atoms with E-state index in [2.05, 4.69) is 40.8 Å². The fourth-order valence-corrected chi connectivity index (χ4v) is 3.04. The molecule has 0 N–H and O–H groups in total. The molecule has 6 heteroatoms. The summed E-state index contributed by atoms with van der Waals surface area (Å²) in [4.78, 5) is 21.1. The molecular weight excluding hydrogens is 278 g/mol. The summed E-state index contributed by atoms with van der Waals surface area (Å²) < 4.78 is 1.79. The Labute approximate surface area is 133 Å². The number of rotatable bonds is 7. The molecule has 1 fully saturated rings. The summed E-state index contributed by atoms with van der Waals surface area (Å²) >= 11 is 0. The van der Waals surface area contributed by atoms with Crippen LogP contribution < -0.4 is 0 Å². The van der Waals surface area contributed by atoms with E-state index in [1.54, 1.807) is 11.0 Å². The highest BCUT2D eigenvalue weighted by molar-refractivity contribution is 5.76. The summed E-state index contributed by atoms with van der Waals surface area (Å²) in [6.45, 7) is 8.18. The number of hydrogen-bond acceptors (Lipinski definition) is 4. The van der Waals surface area contributed by atoms with Gasteiger partial charge in [-0.25, -0.2) is 4.98 Å². The summed E-state index contributed by atoms with van der Waals surface area (Å²) in [6, 6.07) is 0.414. The molecule has 0 atom stereocenters. The second-order valence-electron chi connectivity index (χ2n) is 6.74. The summed E-state index contributed by atoms with van der Waals surface area (Å²) in [5, 5.41) is 4.08. The van der Waals surface area contributed by atoms with Crippen LogP contribution in [0.25, 0.3) is 0 Å². The smallest absolute Gasteiger partial charge is 0.222 e. The number of nitrogens with zero attached hydrogens (tertiary/aromatic N) is 5. The average molecular weight is 307 g/mol. The maximum atomic E-state index is 12.7. The Hall–Kier alpha value is -1.43. The van der Waals surface area contributed by atoms with Gasteiger partial charge in [-0.1, -0.05) is 13.8 Å². The second-order valence-corrected chi connectivity index (χ2v) is 6.74. The Morgan fingerprint density at radius 3 is 2.68 bits per heavy atom. The van der Waals surface area contributed by atoms with Crippen molar-refractivity contribution in [3.63, 3.8) is 0 Å². The van der Waals surface area contributed by atoms with Gasteiger partial charge in [-0.15, -0.1) is 0 Å². The van der Waals surface area contributed by atoms with Crippen molar-refractivity contribution in [2.45, 2.75) is 52.1 Å². The first-order valence-electron chi connectivity index (χ1n) is 8.36. The Morgan fingerprint density at radius 1 is 1.36 bits per heavy atom. The molecular formula is C16H29N5O. The first-order chi connectivity index (χ1) is 10.6. The van der Waals surface area contributed by atoms with Crippen molar-refractivity contribution in [3.8, 4) is 0 Å². The predicted molar refractivity (Wildman–Crippen MR) is 86.3 cm³/mol. The van der Waals surface area contributed by atoms with Gasteiger partial charge in [0.15, 0.2) is 0 Å². The quantitative estimate of drug-likeness (QED) is 0.768. The van der Waals surface area contributed by atoms with Crippen LogP contribution in [-0.2, 0) is 11.3 Å². The van der Waals surface area contributed by atoms with E-state index < -0.39 is 0 Å². The van der Waals surface area contributed by atoms with Crippen molar-refractivity contribution in [1.82, 2.24) is 24.6 Å². The lowest BCUT2D eigenvalue weighted by Gasteiger charge is -2.38. The fraction of sp³-hybridized carbons (Fsp3) is 0.812. The molecule has 6 nitrogen and oxygen atoms in total. The van der Waals surface area contributed by atoms with Crippen molar-refractivity contribution in [1.29, 1.82) is 0 Å². The molecule has 1 saturated heterocycles. The molecule has 0 unspecified atom stereocenters. The second kappa shape index (κ2) is 8.27. The van der Waals surface area contributed by atoms with Gasteiger partial charge in [0.1, 0.15) is 12.7 Å². The maximum absolute atomic E-state index is 12.7. The number of aryl methyl sites for hydroxylation is 1. The van der Waals surface area contributed by atoms with E-state index in [0.29, 0.717) is 24.3 Å². The Balaban J connectivity index is 1.85. The molecule has 1 amide bonds. The molecule has 2 rings (SSSR count). The normalized spacial score (nSPS) is 17.1. The number of amides is 1. The Morgan fingerprint density at radius 2 is 2.09 bits per heavy atom. The topological polar surface area (TPSA) is 54.3 Å². The monoisotopic (exact) mass is 307 g/mol. The molecule has 2 heterocycles. The molecule has 0 aromatic carbocycles. The first kappa shape index (κ1) is 16.9. The summed E-state index contributed by atoms with van der Waals surface area (Å²) in [6.07, 6.45) is 6.84. The van der Waals surface area contributed by atoms with Crippen LogP contribution in [0.1, 0.15) is 39.5 Å². The van der Waals surface area contributed by atoms with Gasteiger partial charge >= 0.3 is 0 Å². The van der Waals surface area contributed by atoms with Crippen LogP contribution in [0.15, 0.2) is 12.7 Å². The van der Waals surface area contributed by atoms with Crippen LogP contribution in [-0.4, -0.2) is 63.2 Å². The van der Waals surface area contributed by atoms with Crippen molar-refractivity contribution < 1.29 is 4.79 Å². The summed E-state index contributed by atoms with van der Waals surface area (Å²) in [7, 11) is 2.16. The third-order valence-electron chi connectivity index (χ3n) is 4.26. The lowest BCUT2D eigenvalue weighted by molar-refractivity contribution is -0.135. The van der Waals surface area contributed by atoms with Crippen LogP contribution >= 0.6 is 0 Å². The number of aromatic nitrogens is 3. The van der Waals surface area contributed by atoms with Crippen LogP contribution in [0.2, 0.25) is 0 Å². The number of carbonyl (C=O) groups excluding carboxylic acids is 1. The highest BCUT2D eigenvalue weighted by atomic mass is 16.2. The minimum Gasteiger partial charge on any atom is -0.339 e. The van der Waals surface area contributed by atoms with Crippen molar-refractivity contribution in [2.24, 2.45) is 5.92 Å². The van der Waals surface area contributed by atoms with E-state index in [1.807, 2.05) is 0 Å². The third kappa shape index (κ3) is 5.09. The standard InChI is InChI=1S/C16H29N5O/c1-14(2)11-21(15-6-9-19(3)10-7-15)16(22)5-4-8-20-13-17-12-18-20/h12-15H,4-11H2,1-3H3. The van der Waals surface area contributed by atoms with E-state index in [9.17, 15) is 4.79 Å². The zero-order valence-corrected chi connectivity index (χ0v) is 14.1. The van der Waals surface area contributed by atoms with Gasteiger partial charge in [0.05, 0.1) is 0 Å². The van der Waals surface area contributed by atoms with E-state index in [-0.39, 0.29) is 0 Å². The van der Waals surface area contributed by atoms with E-state index >= 15 is 0 Å². The van der Waals surface area contributed by atoms with Crippen LogP contribution in [0.5, 0.6) is 0 Å². The molecule has 1 aliphatic rings. The van der Waals surface area contributed by atoms with Gasteiger partial charge in [0.2, 0.25) is 5.91 Å². The Kier molecular flexibility index (Phi) is 6.36. The molecule has 0 spiro atoms. The molecule has 0 aliphatic carbocycles. The van der Waals surface area contributed by atoms with Crippen LogP contribution in [0.3, 0.4) is 0 Å². The predicted octanol–water partition coefficient (Wildman–Crippen LogP) is 1.64. The number of piperidine rings is 1. The third-order valence-corrected chi connectivity index (χ3v) is 4.26. The zero-order chi connectivity index (χ0) is 15.9. The number of likely N-dealkylation sites (tertiary alicyclic amines) is 1. The van der Waals surface area contributed by atoms with Crippen LogP contribution in [0, 0.1) is 5.92 Å². The summed E-state index contributed by atoms with van der Waals surface area (Å²) in [5.41, 5.74) is 0. The van der Waals surface area contributed by atoms with Gasteiger partial charge in [0.25, 0.3) is 0 Å². The fourth-order valence-electron chi connectivity index (χ4n) is 3.04. The van der Waals surface area contributed by atoms with Gasteiger partial charge < -0.3 is 9.80 Å². The lowest BCUT2D eigenvalue weighted by Crippen LogP contribution is -2.47. The Bertz CT molecular complexity index is 437.